The number of thiol groups is 1. The van der Waals surface area contributed by atoms with Gasteiger partial charge in [-0.05, 0) is 23.7 Å². The summed E-state index contributed by atoms with van der Waals surface area (Å²) >= 11 is 4.21. The monoisotopic (exact) mass is 166 g/mol. The highest BCUT2D eigenvalue weighted by Crippen LogP contribution is 2.18. The fourth-order valence-corrected chi connectivity index (χ4v) is 1.53. The summed E-state index contributed by atoms with van der Waals surface area (Å²) in [5.41, 5.74) is 1.42. The molecule has 0 N–H and O–H groups in total. The highest BCUT2D eigenvalue weighted by Gasteiger charge is 2.01. The van der Waals surface area contributed by atoms with Crippen molar-refractivity contribution in [1.29, 1.82) is 0 Å². The summed E-state index contributed by atoms with van der Waals surface area (Å²) in [7, 11) is 0. The molecule has 0 saturated heterocycles. The molecule has 1 rings (SSSR count). The molecular weight excluding hydrogens is 152 g/mol. The molecule has 0 spiro atoms. The molecule has 1 atom stereocenters. The third-order valence-electron chi connectivity index (χ3n) is 1.93. The molecule has 0 aliphatic rings. The first kappa shape index (κ1) is 8.66. The summed E-state index contributed by atoms with van der Waals surface area (Å²) in [4.78, 5) is 0. The summed E-state index contributed by atoms with van der Waals surface area (Å²) < 4.78 is 0. The molecule has 0 saturated carbocycles. The molecule has 0 heterocycles. The molecule has 0 radical (unpaired) electrons. The van der Waals surface area contributed by atoms with Crippen molar-refractivity contribution >= 4 is 12.6 Å². The average Bonchev–Trinajstić information content (AvgIpc) is 2.07. The van der Waals surface area contributed by atoms with E-state index in [4.69, 9.17) is 0 Å². The minimum Gasteiger partial charge on any atom is -0.179 e. The van der Waals surface area contributed by atoms with Crippen LogP contribution < -0.4 is 0 Å². The van der Waals surface area contributed by atoms with Gasteiger partial charge in [0.2, 0.25) is 0 Å². The van der Waals surface area contributed by atoms with Crippen LogP contribution in [-0.4, -0.2) is 5.75 Å². The lowest BCUT2D eigenvalue weighted by molar-refractivity contribution is 0.742. The molecule has 0 fully saturated rings. The van der Waals surface area contributed by atoms with Crippen LogP contribution in [0.3, 0.4) is 0 Å². The topological polar surface area (TPSA) is 0 Å². The minimum atomic E-state index is 0.647. The summed E-state index contributed by atoms with van der Waals surface area (Å²) in [6.07, 6.45) is 1.16. The zero-order valence-electron chi connectivity index (χ0n) is 6.83. The fourth-order valence-electron chi connectivity index (χ4n) is 1.14. The van der Waals surface area contributed by atoms with Crippen molar-refractivity contribution < 1.29 is 0 Å². The van der Waals surface area contributed by atoms with Crippen LogP contribution >= 0.6 is 12.6 Å². The van der Waals surface area contributed by atoms with E-state index in [1.807, 2.05) is 0 Å². The molecule has 0 bridgehead atoms. The quantitative estimate of drug-likeness (QED) is 0.655. The Morgan fingerprint density at radius 1 is 1.27 bits per heavy atom. The predicted octanol–water partition coefficient (Wildman–Crippen LogP) is 3.11. The van der Waals surface area contributed by atoms with Gasteiger partial charge in [0.15, 0.2) is 0 Å². The average molecular weight is 166 g/mol. The van der Waals surface area contributed by atoms with Crippen molar-refractivity contribution in [2.45, 2.75) is 19.3 Å². The van der Waals surface area contributed by atoms with E-state index in [1.165, 1.54) is 5.56 Å². The first-order chi connectivity index (χ1) is 5.34. The van der Waals surface area contributed by atoms with E-state index >= 15 is 0 Å². The molecule has 0 aliphatic heterocycles. The van der Waals surface area contributed by atoms with E-state index in [2.05, 4.69) is 49.9 Å². The molecule has 1 unspecified atom stereocenters. The lowest BCUT2D eigenvalue weighted by Crippen LogP contribution is -1.93. The molecule has 11 heavy (non-hydrogen) atoms. The predicted molar refractivity (Wildman–Crippen MR) is 53.3 cm³/mol. The highest BCUT2D eigenvalue weighted by atomic mass is 32.1. The third-order valence-corrected chi connectivity index (χ3v) is 2.19. The summed E-state index contributed by atoms with van der Waals surface area (Å²) in [6.45, 7) is 2.24. The van der Waals surface area contributed by atoms with E-state index in [0.717, 1.165) is 12.2 Å². The van der Waals surface area contributed by atoms with Crippen molar-refractivity contribution in [3.63, 3.8) is 0 Å². The first-order valence-electron chi connectivity index (χ1n) is 4.00. The number of rotatable bonds is 3. The van der Waals surface area contributed by atoms with Crippen LogP contribution in [0.5, 0.6) is 0 Å². The van der Waals surface area contributed by atoms with Gasteiger partial charge in [-0.1, -0.05) is 37.3 Å². The molecule has 0 amide bonds. The van der Waals surface area contributed by atoms with Gasteiger partial charge in [-0.2, -0.15) is 12.6 Å². The molecule has 1 heteroatoms. The summed E-state index contributed by atoms with van der Waals surface area (Å²) in [5.74, 6) is 1.62. The van der Waals surface area contributed by atoms with E-state index in [-0.39, 0.29) is 0 Å². The molecule has 60 valence electrons. The first-order valence-corrected chi connectivity index (χ1v) is 4.63. The minimum absolute atomic E-state index is 0.647. The molecule has 0 aromatic heterocycles. The SMILES string of the molecule is CC(CCS)c1ccccc1. The maximum Gasteiger partial charge on any atom is -0.00922 e. The Morgan fingerprint density at radius 3 is 2.45 bits per heavy atom. The van der Waals surface area contributed by atoms with Crippen molar-refractivity contribution in [1.82, 2.24) is 0 Å². The zero-order chi connectivity index (χ0) is 8.10. The maximum atomic E-state index is 4.21. The van der Waals surface area contributed by atoms with Crippen LogP contribution in [0.15, 0.2) is 30.3 Å². The van der Waals surface area contributed by atoms with Crippen molar-refractivity contribution in [3.05, 3.63) is 35.9 Å². The molecular formula is C10H14S. The molecule has 0 nitrogen and oxygen atoms in total. The Hall–Kier alpha value is -0.430. The van der Waals surface area contributed by atoms with Crippen LogP contribution in [-0.2, 0) is 0 Å². The van der Waals surface area contributed by atoms with Crippen molar-refractivity contribution in [3.8, 4) is 0 Å². The van der Waals surface area contributed by atoms with Crippen LogP contribution in [0, 0.1) is 0 Å². The Kier molecular flexibility index (Phi) is 3.50. The third kappa shape index (κ3) is 2.58. The largest absolute Gasteiger partial charge is 0.179 e. The van der Waals surface area contributed by atoms with Gasteiger partial charge in [0.1, 0.15) is 0 Å². The number of hydrogen-bond donors (Lipinski definition) is 1. The zero-order valence-corrected chi connectivity index (χ0v) is 7.72. The number of hydrogen-bond acceptors (Lipinski definition) is 1. The molecule has 1 aromatic rings. The Balaban J connectivity index is 2.61. The Bertz CT molecular complexity index is 193. The van der Waals surface area contributed by atoms with E-state index < -0.39 is 0 Å². The standard InChI is InChI=1S/C10H14S/c1-9(7-8-11)10-5-3-2-4-6-10/h2-6,9,11H,7-8H2,1H3. The van der Waals surface area contributed by atoms with Crippen molar-refractivity contribution in [2.75, 3.05) is 5.75 Å². The molecule has 0 aliphatic carbocycles. The van der Waals surface area contributed by atoms with E-state index in [1.54, 1.807) is 0 Å². The van der Waals surface area contributed by atoms with Gasteiger partial charge in [-0.15, -0.1) is 0 Å². The van der Waals surface area contributed by atoms with Gasteiger partial charge >= 0.3 is 0 Å². The van der Waals surface area contributed by atoms with Gasteiger partial charge in [-0.25, -0.2) is 0 Å². The van der Waals surface area contributed by atoms with Gasteiger partial charge in [0.05, 0.1) is 0 Å². The number of benzene rings is 1. The summed E-state index contributed by atoms with van der Waals surface area (Å²) in [5, 5.41) is 0. The Labute approximate surface area is 74.0 Å². The van der Waals surface area contributed by atoms with Gasteiger partial charge < -0.3 is 0 Å². The van der Waals surface area contributed by atoms with Crippen LogP contribution in [0.4, 0.5) is 0 Å². The second kappa shape index (κ2) is 4.45. The van der Waals surface area contributed by atoms with Crippen LogP contribution in [0.25, 0.3) is 0 Å². The van der Waals surface area contributed by atoms with Gasteiger partial charge in [-0.3, -0.25) is 0 Å². The fraction of sp³-hybridized carbons (Fsp3) is 0.400. The lowest BCUT2D eigenvalue weighted by atomic mass is 9.99. The molecule has 1 aromatic carbocycles. The normalized spacial score (nSPS) is 12.9. The Morgan fingerprint density at radius 2 is 1.91 bits per heavy atom. The van der Waals surface area contributed by atoms with Gasteiger partial charge in [0.25, 0.3) is 0 Å². The second-order valence-electron chi connectivity index (χ2n) is 2.82. The van der Waals surface area contributed by atoms with E-state index in [9.17, 15) is 0 Å². The lowest BCUT2D eigenvalue weighted by Gasteiger charge is -2.08. The van der Waals surface area contributed by atoms with Crippen molar-refractivity contribution in [2.24, 2.45) is 0 Å². The summed E-state index contributed by atoms with van der Waals surface area (Å²) in [6, 6.07) is 10.6. The smallest absolute Gasteiger partial charge is 0.00922 e. The van der Waals surface area contributed by atoms with E-state index in [0.29, 0.717) is 5.92 Å². The second-order valence-corrected chi connectivity index (χ2v) is 3.27. The van der Waals surface area contributed by atoms with Crippen LogP contribution in [0.2, 0.25) is 0 Å². The maximum absolute atomic E-state index is 4.21. The van der Waals surface area contributed by atoms with Crippen LogP contribution in [0.1, 0.15) is 24.8 Å². The van der Waals surface area contributed by atoms with Gasteiger partial charge in [0, 0.05) is 0 Å². The highest BCUT2D eigenvalue weighted by molar-refractivity contribution is 7.80.